The van der Waals surface area contributed by atoms with Gasteiger partial charge >= 0.3 is 37.2 Å². The molecule has 0 unspecified atom stereocenters. The van der Waals surface area contributed by atoms with E-state index in [9.17, 15) is 26.3 Å². The summed E-state index contributed by atoms with van der Waals surface area (Å²) in [5.74, 6) is 0. The Morgan fingerprint density at radius 1 is 0.875 bits per heavy atom. The van der Waals surface area contributed by atoms with Gasteiger partial charge in [0.15, 0.2) is 20.2 Å². The van der Waals surface area contributed by atoms with Crippen LogP contribution in [0.25, 0.3) is 0 Å². The van der Waals surface area contributed by atoms with Crippen molar-refractivity contribution in [3.05, 3.63) is 23.3 Å². The zero-order valence-electron chi connectivity index (χ0n) is 11.9. The van der Waals surface area contributed by atoms with Crippen LogP contribution < -0.4 is 0 Å². The second-order valence-corrected chi connectivity index (χ2v) is 6.61. The van der Waals surface area contributed by atoms with Crippen LogP contribution in [0.2, 0.25) is 0 Å². The van der Waals surface area contributed by atoms with E-state index in [1.165, 1.54) is 17.6 Å². The Labute approximate surface area is 153 Å². The number of alkyl halides is 6. The van der Waals surface area contributed by atoms with Gasteiger partial charge in [-0.1, -0.05) is 23.3 Å². The minimum atomic E-state index is -6.09. The molecule has 0 aliphatic heterocycles. The average Bonchev–Trinajstić information content (AvgIpc) is 2.59. The van der Waals surface area contributed by atoms with Crippen LogP contribution in [0.3, 0.4) is 0 Å². The summed E-state index contributed by atoms with van der Waals surface area (Å²) in [6.07, 6.45) is 5.55. The van der Waals surface area contributed by atoms with Crippen molar-refractivity contribution in [2.24, 2.45) is 0 Å². The molecule has 0 fully saturated rings. The minimum absolute atomic E-state index is 0. The summed E-state index contributed by atoms with van der Waals surface area (Å²) < 4.78 is 118. The van der Waals surface area contributed by atoms with Gasteiger partial charge in [0.1, 0.15) is 0 Å². The van der Waals surface area contributed by atoms with E-state index in [1.807, 2.05) is 0 Å². The van der Waals surface area contributed by atoms with E-state index >= 15 is 0 Å². The van der Waals surface area contributed by atoms with E-state index in [4.69, 9.17) is 25.9 Å². The average molecular weight is 484 g/mol. The Bertz CT molecular complexity index is 618. The normalized spacial score (nSPS) is 14.9. The predicted octanol–water partition coefficient (Wildman–Crippen LogP) is 2.38. The van der Waals surface area contributed by atoms with Crippen molar-refractivity contribution in [1.82, 2.24) is 0 Å². The van der Waals surface area contributed by atoms with Crippen LogP contribution in [0.1, 0.15) is 20.3 Å². The van der Waals surface area contributed by atoms with Gasteiger partial charge in [-0.3, -0.25) is 0 Å². The standard InChI is InChI=1S/C7H10.2CHF3O3S.Zr/c1-6-4-3-5-7(6)2;2*2-1(3,4)8(5,6)7;/h3-4H,5H2,1-2H3;2*(H,5,6,7);/q;;;+2/p-2. The van der Waals surface area contributed by atoms with Crippen molar-refractivity contribution in [2.45, 2.75) is 31.3 Å². The van der Waals surface area contributed by atoms with E-state index in [2.05, 4.69) is 26.0 Å². The molecule has 0 radical (unpaired) electrons. The van der Waals surface area contributed by atoms with Gasteiger partial charge in [0.25, 0.3) is 0 Å². The van der Waals surface area contributed by atoms with Crippen LogP contribution in [0.15, 0.2) is 23.3 Å². The van der Waals surface area contributed by atoms with Crippen LogP contribution in [-0.2, 0) is 46.4 Å². The number of halogens is 6. The zero-order chi connectivity index (χ0) is 19.3. The molecule has 0 aromatic carbocycles. The SMILES string of the molecule is CC1=C(C)CC=C1.O=S(=O)([O-])C(F)(F)F.O=S(=O)([O-])C(F)(F)F.[Zr+2]. The first kappa shape index (κ1) is 28.6. The second kappa shape index (κ2) is 10.0. The van der Waals surface area contributed by atoms with E-state index in [1.54, 1.807) is 0 Å². The Morgan fingerprint density at radius 3 is 1.17 bits per heavy atom. The maximum absolute atomic E-state index is 10.7. The predicted molar refractivity (Wildman–Crippen MR) is 63.6 cm³/mol. The molecule has 0 spiro atoms. The Kier molecular flexibility index (Phi) is 12.0. The molecule has 0 amide bonds. The van der Waals surface area contributed by atoms with E-state index in [0.29, 0.717) is 0 Å². The van der Waals surface area contributed by atoms with Gasteiger partial charge < -0.3 is 9.11 Å². The smallest absolute Gasteiger partial charge is 0.741 e. The van der Waals surface area contributed by atoms with Gasteiger partial charge in [0.05, 0.1) is 0 Å². The molecule has 0 saturated heterocycles. The summed E-state index contributed by atoms with van der Waals surface area (Å²) in [5, 5.41) is 0. The third-order valence-electron chi connectivity index (χ3n) is 2.03. The largest absolute Gasteiger partial charge is 2.00 e. The first-order chi connectivity index (χ1) is 9.80. The van der Waals surface area contributed by atoms with Crippen molar-refractivity contribution in [3.63, 3.8) is 0 Å². The summed E-state index contributed by atoms with van der Waals surface area (Å²) >= 11 is 0. The first-order valence-corrected chi connectivity index (χ1v) is 7.99. The Morgan fingerprint density at radius 2 is 1.12 bits per heavy atom. The van der Waals surface area contributed by atoms with Crippen molar-refractivity contribution in [3.8, 4) is 0 Å². The molecule has 1 aliphatic carbocycles. The Hall–Kier alpha value is -0.237. The van der Waals surface area contributed by atoms with Crippen LogP contribution in [0.5, 0.6) is 0 Å². The van der Waals surface area contributed by atoms with E-state index < -0.39 is 31.3 Å². The third kappa shape index (κ3) is 12.2. The van der Waals surface area contributed by atoms with Crippen LogP contribution >= 0.6 is 0 Å². The van der Waals surface area contributed by atoms with Gasteiger partial charge in [-0.2, -0.15) is 26.3 Å². The molecule has 140 valence electrons. The molecular weight excluding hydrogens is 473 g/mol. The summed E-state index contributed by atoms with van der Waals surface area (Å²) in [4.78, 5) is 0. The fourth-order valence-electron chi connectivity index (χ4n) is 0.716. The minimum Gasteiger partial charge on any atom is -0.741 e. The molecule has 15 heteroatoms. The first-order valence-electron chi connectivity index (χ1n) is 5.18. The number of hydrogen-bond acceptors (Lipinski definition) is 6. The van der Waals surface area contributed by atoms with Gasteiger partial charge in [-0.05, 0) is 20.3 Å². The number of rotatable bonds is 0. The molecule has 0 saturated carbocycles. The van der Waals surface area contributed by atoms with Crippen LogP contribution in [-0.4, -0.2) is 37.0 Å². The summed E-state index contributed by atoms with van der Waals surface area (Å²) in [6.45, 7) is 4.33. The second-order valence-electron chi connectivity index (χ2n) is 3.87. The summed E-state index contributed by atoms with van der Waals surface area (Å²) in [5.41, 5.74) is -8.33. The Balaban J connectivity index is -0.000000270. The zero-order valence-corrected chi connectivity index (χ0v) is 16.0. The molecule has 0 bridgehead atoms. The van der Waals surface area contributed by atoms with Gasteiger partial charge in [-0.25, -0.2) is 16.8 Å². The molecule has 0 aromatic heterocycles. The van der Waals surface area contributed by atoms with Crippen molar-refractivity contribution in [1.29, 1.82) is 0 Å². The quantitative estimate of drug-likeness (QED) is 0.297. The summed E-state index contributed by atoms with van der Waals surface area (Å²) in [6, 6.07) is 0. The molecular formula is C9H10F6O6S2Zr. The maximum Gasteiger partial charge on any atom is 2.00 e. The molecule has 6 nitrogen and oxygen atoms in total. The molecule has 0 N–H and O–H groups in total. The molecule has 0 atom stereocenters. The third-order valence-corrected chi connectivity index (χ3v) is 3.17. The fraction of sp³-hybridized carbons (Fsp3) is 0.556. The fourth-order valence-corrected chi connectivity index (χ4v) is 0.716. The van der Waals surface area contributed by atoms with Crippen LogP contribution in [0, 0.1) is 0 Å². The number of hydrogen-bond donors (Lipinski definition) is 0. The van der Waals surface area contributed by atoms with E-state index in [-0.39, 0.29) is 26.2 Å². The topological polar surface area (TPSA) is 114 Å². The van der Waals surface area contributed by atoms with Gasteiger partial charge in [0, 0.05) is 0 Å². The molecule has 24 heavy (non-hydrogen) atoms. The van der Waals surface area contributed by atoms with Crippen molar-refractivity contribution < 1.29 is 78.5 Å². The molecule has 1 aliphatic rings. The van der Waals surface area contributed by atoms with Crippen molar-refractivity contribution in [2.75, 3.05) is 0 Å². The maximum atomic E-state index is 10.7. The molecule has 0 aromatic rings. The molecule has 1 rings (SSSR count). The van der Waals surface area contributed by atoms with Crippen LogP contribution in [0.4, 0.5) is 26.3 Å². The monoisotopic (exact) mass is 482 g/mol. The molecule has 0 heterocycles. The van der Waals surface area contributed by atoms with Gasteiger partial charge in [0.2, 0.25) is 0 Å². The summed E-state index contributed by atoms with van der Waals surface area (Å²) in [7, 11) is -12.2. The number of allylic oxidation sites excluding steroid dienone is 4. The van der Waals surface area contributed by atoms with Gasteiger partial charge in [-0.15, -0.1) is 0 Å². The van der Waals surface area contributed by atoms with Crippen molar-refractivity contribution >= 4 is 20.2 Å². The van der Waals surface area contributed by atoms with E-state index in [0.717, 1.165) is 0 Å².